The van der Waals surface area contributed by atoms with Crippen molar-refractivity contribution >= 4 is 32.8 Å². The molecular weight excluding hydrogens is 168 g/mol. The van der Waals surface area contributed by atoms with Crippen LogP contribution in [0.4, 0.5) is 0 Å². The first-order chi connectivity index (χ1) is 3.39. The van der Waals surface area contributed by atoms with Crippen LogP contribution in [0.3, 0.4) is 0 Å². The summed E-state index contributed by atoms with van der Waals surface area (Å²) in [5.41, 5.74) is 0. The van der Waals surface area contributed by atoms with E-state index in [-0.39, 0.29) is 32.5 Å². The van der Waals surface area contributed by atoms with Gasteiger partial charge < -0.3 is 5.48 Å². The van der Waals surface area contributed by atoms with Crippen molar-refractivity contribution in [1.29, 1.82) is 0 Å². The summed E-state index contributed by atoms with van der Waals surface area (Å²) >= 11 is 0. The maximum Gasteiger partial charge on any atom is 0.132 e. The molecule has 10 heavy (non-hydrogen) atoms. The van der Waals surface area contributed by atoms with Gasteiger partial charge in [-0.25, -0.2) is 0 Å². The van der Waals surface area contributed by atoms with Crippen molar-refractivity contribution in [2.24, 2.45) is 0 Å². The van der Waals surface area contributed by atoms with Crippen molar-refractivity contribution in [3.05, 3.63) is 0 Å². The van der Waals surface area contributed by atoms with Crippen LogP contribution in [0.1, 0.15) is 32.1 Å². The lowest BCUT2D eigenvalue weighted by molar-refractivity contribution is -0.120. The van der Waals surface area contributed by atoms with Crippen LogP contribution in [-0.4, -0.2) is 11.3 Å². The van der Waals surface area contributed by atoms with E-state index in [1.165, 1.54) is 6.42 Å². The van der Waals surface area contributed by atoms with E-state index in [0.29, 0.717) is 5.78 Å². The summed E-state index contributed by atoms with van der Waals surface area (Å²) in [4.78, 5) is 10.5. The van der Waals surface area contributed by atoms with Crippen molar-refractivity contribution < 1.29 is 10.3 Å². The minimum absolute atomic E-state index is 0. The normalized spacial score (nSPS) is 15.8. The van der Waals surface area contributed by atoms with E-state index >= 15 is 0 Å². The van der Waals surface area contributed by atoms with Crippen LogP contribution in [0.2, 0.25) is 0 Å². The zero-order valence-electron chi connectivity index (χ0n) is 5.94. The molecular formula is C6H16O2S2. The number of hydrogen-bond acceptors (Lipinski definition) is 1. The van der Waals surface area contributed by atoms with Gasteiger partial charge >= 0.3 is 0 Å². The Kier molecular flexibility index (Phi) is 15.6. The third-order valence-corrected chi connectivity index (χ3v) is 1.41. The molecule has 0 spiro atoms. The first kappa shape index (κ1) is 16.7. The van der Waals surface area contributed by atoms with Crippen molar-refractivity contribution in [3.63, 3.8) is 0 Å². The van der Waals surface area contributed by atoms with Gasteiger partial charge in [0.1, 0.15) is 5.78 Å². The first-order valence-electron chi connectivity index (χ1n) is 2.91. The monoisotopic (exact) mass is 184 g/mol. The standard InChI is InChI=1S/C6H10O.H2O.2H2S/c7-6-4-2-1-3-5-6;;;/h1-5H2;3*1H2. The van der Waals surface area contributed by atoms with Crippen LogP contribution in [0.25, 0.3) is 0 Å². The lowest BCUT2D eigenvalue weighted by Gasteiger charge is -2.05. The minimum Gasteiger partial charge on any atom is -0.412 e. The largest absolute Gasteiger partial charge is 0.412 e. The minimum atomic E-state index is 0. The van der Waals surface area contributed by atoms with E-state index in [1.807, 2.05) is 0 Å². The molecule has 0 unspecified atom stereocenters. The average Bonchev–Trinajstić information content (AvgIpc) is 1.69. The molecule has 4 heteroatoms. The molecule has 1 rings (SSSR count). The number of carbonyl (C=O) groups is 1. The molecule has 0 radical (unpaired) electrons. The topological polar surface area (TPSA) is 48.6 Å². The van der Waals surface area contributed by atoms with Gasteiger partial charge in [0.05, 0.1) is 0 Å². The molecule has 0 saturated heterocycles. The van der Waals surface area contributed by atoms with Crippen molar-refractivity contribution in [1.82, 2.24) is 0 Å². The second-order valence-corrected chi connectivity index (χ2v) is 2.10. The zero-order chi connectivity index (χ0) is 5.11. The third kappa shape index (κ3) is 6.45. The highest BCUT2D eigenvalue weighted by Crippen LogP contribution is 2.12. The number of ketones is 1. The maximum atomic E-state index is 10.5. The van der Waals surface area contributed by atoms with Gasteiger partial charge in [-0.05, 0) is 12.8 Å². The van der Waals surface area contributed by atoms with Crippen molar-refractivity contribution in [3.8, 4) is 0 Å². The summed E-state index contributed by atoms with van der Waals surface area (Å²) in [6, 6.07) is 0. The third-order valence-electron chi connectivity index (χ3n) is 1.41. The van der Waals surface area contributed by atoms with Crippen LogP contribution < -0.4 is 0 Å². The molecule has 0 bridgehead atoms. The molecule has 0 aromatic heterocycles. The van der Waals surface area contributed by atoms with E-state index in [4.69, 9.17) is 0 Å². The van der Waals surface area contributed by atoms with Crippen LogP contribution >= 0.6 is 27.0 Å². The summed E-state index contributed by atoms with van der Waals surface area (Å²) in [6.45, 7) is 0. The fourth-order valence-corrected chi connectivity index (χ4v) is 0.946. The average molecular weight is 184 g/mol. The van der Waals surface area contributed by atoms with Crippen LogP contribution in [0.5, 0.6) is 0 Å². The molecule has 1 fully saturated rings. The Balaban J connectivity index is -0.000000163. The SMILES string of the molecule is O.O=C1CCCCC1.S.S. The predicted molar refractivity (Wildman–Crippen MR) is 52.5 cm³/mol. The highest BCUT2D eigenvalue weighted by Gasteiger charge is 2.05. The molecule has 0 aromatic carbocycles. The number of rotatable bonds is 0. The Morgan fingerprint density at radius 3 is 1.50 bits per heavy atom. The predicted octanol–water partition coefficient (Wildman–Crippen LogP) is 0.920. The highest BCUT2D eigenvalue weighted by molar-refractivity contribution is 7.59. The smallest absolute Gasteiger partial charge is 0.132 e. The van der Waals surface area contributed by atoms with Gasteiger partial charge in [0.15, 0.2) is 0 Å². The Morgan fingerprint density at radius 2 is 1.30 bits per heavy atom. The Hall–Kier alpha value is 0.330. The fourth-order valence-electron chi connectivity index (χ4n) is 0.946. The van der Waals surface area contributed by atoms with Gasteiger partial charge in [0, 0.05) is 12.8 Å². The summed E-state index contributed by atoms with van der Waals surface area (Å²) in [6.07, 6.45) is 5.24. The Morgan fingerprint density at radius 1 is 0.900 bits per heavy atom. The van der Waals surface area contributed by atoms with Crippen LogP contribution in [0, 0.1) is 0 Å². The second kappa shape index (κ2) is 9.33. The molecule has 1 aliphatic rings. The summed E-state index contributed by atoms with van der Waals surface area (Å²) in [7, 11) is 0. The van der Waals surface area contributed by atoms with Gasteiger partial charge in [-0.3, -0.25) is 4.79 Å². The van der Waals surface area contributed by atoms with Gasteiger partial charge in [-0.2, -0.15) is 27.0 Å². The molecule has 1 aliphatic carbocycles. The Labute approximate surface area is 75.6 Å². The summed E-state index contributed by atoms with van der Waals surface area (Å²) in [5, 5.41) is 0. The molecule has 2 nitrogen and oxygen atoms in total. The fraction of sp³-hybridized carbons (Fsp3) is 0.833. The van der Waals surface area contributed by atoms with Gasteiger partial charge in [-0.1, -0.05) is 6.42 Å². The molecule has 64 valence electrons. The molecule has 2 N–H and O–H groups in total. The molecule has 0 atom stereocenters. The van der Waals surface area contributed by atoms with Crippen molar-refractivity contribution in [2.45, 2.75) is 32.1 Å². The zero-order valence-corrected chi connectivity index (χ0v) is 7.94. The van der Waals surface area contributed by atoms with E-state index in [0.717, 1.165) is 25.7 Å². The quantitative estimate of drug-likeness (QED) is 0.552. The van der Waals surface area contributed by atoms with E-state index in [2.05, 4.69) is 0 Å². The number of carbonyl (C=O) groups excluding carboxylic acids is 1. The highest BCUT2D eigenvalue weighted by atomic mass is 32.1. The molecule has 0 aromatic rings. The van der Waals surface area contributed by atoms with Crippen LogP contribution in [-0.2, 0) is 4.79 Å². The van der Waals surface area contributed by atoms with E-state index < -0.39 is 0 Å². The lowest BCUT2D eigenvalue weighted by atomic mass is 10.00. The van der Waals surface area contributed by atoms with E-state index in [9.17, 15) is 4.79 Å². The summed E-state index contributed by atoms with van der Waals surface area (Å²) in [5.74, 6) is 0.464. The van der Waals surface area contributed by atoms with Gasteiger partial charge in [0.25, 0.3) is 0 Å². The summed E-state index contributed by atoms with van der Waals surface area (Å²) < 4.78 is 0. The van der Waals surface area contributed by atoms with Gasteiger partial charge in [-0.15, -0.1) is 0 Å². The molecule has 0 aliphatic heterocycles. The Bertz CT molecular complexity index is 77.8. The molecule has 0 heterocycles. The molecule has 0 amide bonds. The first-order valence-corrected chi connectivity index (χ1v) is 2.91. The van der Waals surface area contributed by atoms with Gasteiger partial charge in [0.2, 0.25) is 0 Å². The lowest BCUT2D eigenvalue weighted by Crippen LogP contribution is -2.02. The maximum absolute atomic E-state index is 10.5. The number of hydrogen-bond donors (Lipinski definition) is 0. The molecule has 1 saturated carbocycles. The van der Waals surface area contributed by atoms with Crippen molar-refractivity contribution in [2.75, 3.05) is 0 Å². The van der Waals surface area contributed by atoms with Crippen LogP contribution in [0.15, 0.2) is 0 Å². The van der Waals surface area contributed by atoms with E-state index in [1.54, 1.807) is 0 Å². The number of Topliss-reactive ketones (excluding diaryl/α,β-unsaturated/α-hetero) is 1. The second-order valence-electron chi connectivity index (χ2n) is 2.10.